The number of hydrogen-bond donors (Lipinski definition) is 2. The topological polar surface area (TPSA) is 78.6 Å². The number of hydrogen-bond acceptors (Lipinski definition) is 5. The Morgan fingerprint density at radius 1 is 1.14 bits per heavy atom. The van der Waals surface area contributed by atoms with Crippen molar-refractivity contribution in [2.24, 2.45) is 0 Å². The molecular weight excluding hydrogens is 366 g/mol. The van der Waals surface area contributed by atoms with Gasteiger partial charge in [-0.2, -0.15) is 0 Å². The lowest BCUT2D eigenvalue weighted by Gasteiger charge is -2.30. The Hall–Kier alpha value is -3.12. The van der Waals surface area contributed by atoms with Crippen LogP contribution in [-0.4, -0.2) is 35.2 Å². The molecule has 0 atom stereocenters. The Balaban J connectivity index is 1.45. The molecule has 0 spiro atoms. The van der Waals surface area contributed by atoms with E-state index in [0.717, 1.165) is 37.3 Å². The minimum atomic E-state index is -0.222. The Morgan fingerprint density at radius 3 is 2.52 bits per heavy atom. The second-order valence-electron chi connectivity index (χ2n) is 7.52. The van der Waals surface area contributed by atoms with Crippen LogP contribution < -0.4 is 10.2 Å². The molecule has 6 heteroatoms. The van der Waals surface area contributed by atoms with Gasteiger partial charge in [-0.05, 0) is 44.9 Å². The number of piperidine rings is 1. The normalized spacial score (nSPS) is 14.8. The number of benzene rings is 1. The summed E-state index contributed by atoms with van der Waals surface area (Å²) >= 11 is 0. The van der Waals surface area contributed by atoms with Crippen molar-refractivity contribution in [2.45, 2.75) is 32.8 Å². The molecule has 0 radical (unpaired) electrons. The Kier molecular flexibility index (Phi) is 5.36. The van der Waals surface area contributed by atoms with Crippen LogP contribution >= 0.6 is 0 Å². The average molecular weight is 391 g/mol. The Morgan fingerprint density at radius 2 is 1.86 bits per heavy atom. The zero-order valence-electron chi connectivity index (χ0n) is 16.7. The molecule has 29 heavy (non-hydrogen) atoms. The largest absolute Gasteiger partial charge is 0.461 e. The van der Waals surface area contributed by atoms with Gasteiger partial charge >= 0.3 is 0 Å². The lowest BCUT2D eigenvalue weighted by Crippen LogP contribution is -2.36. The molecule has 0 unspecified atom stereocenters. The smallest absolute Gasteiger partial charge is 0.259 e. The summed E-state index contributed by atoms with van der Waals surface area (Å²) in [5.74, 6) is 1.89. The fourth-order valence-corrected chi connectivity index (χ4v) is 3.51. The van der Waals surface area contributed by atoms with Gasteiger partial charge in [-0.1, -0.05) is 29.8 Å². The summed E-state index contributed by atoms with van der Waals surface area (Å²) in [4.78, 5) is 19.3. The number of carbonyl (C=O) groups is 1. The molecule has 0 saturated carbocycles. The summed E-state index contributed by atoms with van der Waals surface area (Å²) in [7, 11) is 0. The van der Waals surface area contributed by atoms with Crippen molar-refractivity contribution in [1.29, 1.82) is 0 Å². The number of aliphatic hydroxyl groups excluding tert-OH is 1. The third-order valence-electron chi connectivity index (χ3n) is 5.29. The zero-order chi connectivity index (χ0) is 20.4. The minimum Gasteiger partial charge on any atom is -0.461 e. The van der Waals surface area contributed by atoms with E-state index in [1.165, 1.54) is 5.56 Å². The quantitative estimate of drug-likeness (QED) is 0.698. The number of aliphatic hydroxyl groups is 1. The first-order chi connectivity index (χ1) is 14.0. The maximum absolute atomic E-state index is 12.7. The number of aryl methyl sites for hydroxylation is 2. The van der Waals surface area contributed by atoms with Crippen molar-refractivity contribution in [2.75, 3.05) is 23.3 Å². The summed E-state index contributed by atoms with van der Waals surface area (Å²) in [6.07, 6.45) is 2.95. The van der Waals surface area contributed by atoms with Gasteiger partial charge in [-0.15, -0.1) is 0 Å². The number of pyridine rings is 1. The molecule has 0 bridgehead atoms. The molecular formula is C23H25N3O3. The third-order valence-corrected chi connectivity index (χ3v) is 5.29. The van der Waals surface area contributed by atoms with Gasteiger partial charge in [0.25, 0.3) is 5.91 Å². The predicted molar refractivity (Wildman–Crippen MR) is 113 cm³/mol. The van der Waals surface area contributed by atoms with E-state index in [4.69, 9.17) is 4.42 Å². The third kappa shape index (κ3) is 4.32. The van der Waals surface area contributed by atoms with Gasteiger partial charge < -0.3 is 19.7 Å². The standard InChI is InChI=1S/C23H25N3O3/c1-15-3-5-17(6-4-15)21-13-20(16(2)29-21)23(28)25-18-7-8-22(24-14-18)26-11-9-19(27)10-12-26/h3-8,13-14,19,27H,9-12H2,1-2H3,(H,25,28). The minimum absolute atomic E-state index is 0.215. The van der Waals surface area contributed by atoms with Crippen molar-refractivity contribution in [3.05, 3.63) is 65.5 Å². The lowest BCUT2D eigenvalue weighted by molar-refractivity contribution is 0.102. The molecule has 1 aliphatic heterocycles. The fourth-order valence-electron chi connectivity index (χ4n) is 3.51. The summed E-state index contributed by atoms with van der Waals surface area (Å²) in [5, 5.41) is 12.5. The van der Waals surface area contributed by atoms with Gasteiger partial charge in [0.05, 0.1) is 23.6 Å². The van der Waals surface area contributed by atoms with E-state index in [2.05, 4.69) is 15.2 Å². The van der Waals surface area contributed by atoms with Crippen LogP contribution in [0, 0.1) is 13.8 Å². The monoisotopic (exact) mass is 391 g/mol. The number of amides is 1. The van der Waals surface area contributed by atoms with Gasteiger partial charge in [0, 0.05) is 18.7 Å². The predicted octanol–water partition coefficient (Wildman–Crippen LogP) is 4.17. The maximum Gasteiger partial charge on any atom is 0.259 e. The van der Waals surface area contributed by atoms with Crippen LogP contribution in [0.3, 0.4) is 0 Å². The number of nitrogens with one attached hydrogen (secondary N) is 1. The van der Waals surface area contributed by atoms with E-state index in [-0.39, 0.29) is 12.0 Å². The molecule has 2 aromatic heterocycles. The highest BCUT2D eigenvalue weighted by atomic mass is 16.3. The molecule has 1 aliphatic rings. The molecule has 4 rings (SSSR count). The van der Waals surface area contributed by atoms with Crippen LogP contribution in [0.4, 0.5) is 11.5 Å². The first-order valence-electron chi connectivity index (χ1n) is 9.87. The van der Waals surface area contributed by atoms with Gasteiger partial charge in [0.1, 0.15) is 17.3 Å². The number of carbonyl (C=O) groups excluding carboxylic acids is 1. The van der Waals surface area contributed by atoms with Gasteiger partial charge in [-0.3, -0.25) is 4.79 Å². The number of aromatic nitrogens is 1. The fraction of sp³-hybridized carbons (Fsp3) is 0.304. The zero-order valence-corrected chi connectivity index (χ0v) is 16.7. The molecule has 3 aromatic rings. The highest BCUT2D eigenvalue weighted by Crippen LogP contribution is 2.26. The van der Waals surface area contributed by atoms with Crippen molar-refractivity contribution < 1.29 is 14.3 Å². The SMILES string of the molecule is Cc1ccc(-c2cc(C(=O)Nc3ccc(N4CCC(O)CC4)nc3)c(C)o2)cc1. The second kappa shape index (κ2) is 8.09. The number of rotatable bonds is 4. The summed E-state index contributed by atoms with van der Waals surface area (Å²) in [6.45, 7) is 5.40. The molecule has 0 aliphatic carbocycles. The van der Waals surface area contributed by atoms with Crippen LogP contribution in [0.25, 0.3) is 11.3 Å². The van der Waals surface area contributed by atoms with Crippen LogP contribution in [0.15, 0.2) is 53.1 Å². The van der Waals surface area contributed by atoms with Gasteiger partial charge in [-0.25, -0.2) is 4.98 Å². The average Bonchev–Trinajstić information content (AvgIpc) is 3.11. The van der Waals surface area contributed by atoms with Crippen molar-refractivity contribution in [1.82, 2.24) is 4.98 Å². The maximum atomic E-state index is 12.7. The van der Waals surface area contributed by atoms with Crippen molar-refractivity contribution in [3.63, 3.8) is 0 Å². The number of anilines is 2. The van der Waals surface area contributed by atoms with E-state index in [1.54, 1.807) is 19.2 Å². The van der Waals surface area contributed by atoms with E-state index in [1.807, 2.05) is 43.3 Å². The second-order valence-corrected chi connectivity index (χ2v) is 7.52. The molecule has 150 valence electrons. The lowest BCUT2D eigenvalue weighted by atomic mass is 10.1. The van der Waals surface area contributed by atoms with Gasteiger partial charge in [0.15, 0.2) is 0 Å². The molecule has 3 heterocycles. The molecule has 1 saturated heterocycles. The van der Waals surface area contributed by atoms with Crippen LogP contribution in [0.1, 0.15) is 34.5 Å². The summed E-state index contributed by atoms with van der Waals surface area (Å²) in [5.41, 5.74) is 3.25. The first-order valence-corrected chi connectivity index (χ1v) is 9.87. The molecule has 1 fully saturated rings. The van der Waals surface area contributed by atoms with Crippen molar-refractivity contribution in [3.8, 4) is 11.3 Å². The van der Waals surface area contributed by atoms with Crippen LogP contribution in [-0.2, 0) is 0 Å². The molecule has 2 N–H and O–H groups in total. The summed E-state index contributed by atoms with van der Waals surface area (Å²) < 4.78 is 5.80. The van der Waals surface area contributed by atoms with E-state index in [0.29, 0.717) is 22.8 Å². The van der Waals surface area contributed by atoms with E-state index in [9.17, 15) is 9.90 Å². The van der Waals surface area contributed by atoms with Crippen LogP contribution in [0.2, 0.25) is 0 Å². The molecule has 1 amide bonds. The molecule has 1 aromatic carbocycles. The van der Waals surface area contributed by atoms with Crippen molar-refractivity contribution >= 4 is 17.4 Å². The number of nitrogens with zero attached hydrogens (tertiary/aromatic N) is 2. The highest BCUT2D eigenvalue weighted by Gasteiger charge is 2.19. The Bertz CT molecular complexity index is 985. The van der Waals surface area contributed by atoms with Crippen LogP contribution in [0.5, 0.6) is 0 Å². The first kappa shape index (κ1) is 19.2. The summed E-state index contributed by atoms with van der Waals surface area (Å²) in [6, 6.07) is 13.5. The van der Waals surface area contributed by atoms with E-state index >= 15 is 0 Å². The van der Waals surface area contributed by atoms with Gasteiger partial charge in [0.2, 0.25) is 0 Å². The van der Waals surface area contributed by atoms with E-state index < -0.39 is 0 Å². The number of furan rings is 1. The highest BCUT2D eigenvalue weighted by molar-refractivity contribution is 6.05. The molecule has 6 nitrogen and oxygen atoms in total. The Labute approximate surface area is 170 Å².